The lowest BCUT2D eigenvalue weighted by Crippen LogP contribution is -2.47. The minimum Gasteiger partial charge on any atom is -0.493 e. The Labute approximate surface area is 214 Å². The molecule has 0 aliphatic heterocycles. The molecule has 1 atom stereocenters. The van der Waals surface area contributed by atoms with Crippen molar-refractivity contribution >= 4 is 34.0 Å². The molecule has 2 N–H and O–H groups in total. The number of methoxy groups -OCH3 is 1. The molecule has 0 saturated carbocycles. The van der Waals surface area contributed by atoms with Crippen LogP contribution in [0.25, 0.3) is 0 Å². The van der Waals surface area contributed by atoms with E-state index in [-0.39, 0.29) is 19.1 Å². The second-order valence-electron chi connectivity index (χ2n) is 8.06. The van der Waals surface area contributed by atoms with Crippen molar-refractivity contribution in [1.82, 2.24) is 10.7 Å². The summed E-state index contributed by atoms with van der Waals surface area (Å²) in [5.74, 6) is 3.30. The van der Waals surface area contributed by atoms with E-state index in [9.17, 15) is 9.59 Å². The van der Waals surface area contributed by atoms with Gasteiger partial charge in [-0.2, -0.15) is 5.10 Å². The van der Waals surface area contributed by atoms with E-state index in [2.05, 4.69) is 37.7 Å². The van der Waals surface area contributed by atoms with Crippen molar-refractivity contribution in [3.05, 3.63) is 52.0 Å². The zero-order valence-corrected chi connectivity index (χ0v) is 21.8. The number of hydrogen-bond acceptors (Lipinski definition) is 6. The van der Waals surface area contributed by atoms with Gasteiger partial charge in [-0.15, -0.1) is 6.42 Å². The van der Waals surface area contributed by atoms with E-state index in [0.29, 0.717) is 33.7 Å². The van der Waals surface area contributed by atoms with Gasteiger partial charge in [0.05, 0.1) is 17.8 Å². The summed E-state index contributed by atoms with van der Waals surface area (Å²) in [5.41, 5.74) is 4.06. The third-order valence-corrected chi connectivity index (χ3v) is 5.34. The highest BCUT2D eigenvalue weighted by Gasteiger charge is 2.22. The maximum Gasteiger partial charge on any atom is 0.262 e. The van der Waals surface area contributed by atoms with Gasteiger partial charge >= 0.3 is 0 Å². The number of carbonyl (C=O) groups excluding carboxylic acids is 2. The van der Waals surface area contributed by atoms with E-state index in [1.807, 2.05) is 39.0 Å². The van der Waals surface area contributed by atoms with Crippen molar-refractivity contribution in [2.45, 2.75) is 33.2 Å². The molecule has 0 unspecified atom stereocenters. The molecule has 35 heavy (non-hydrogen) atoms. The molecule has 0 heterocycles. The van der Waals surface area contributed by atoms with Crippen molar-refractivity contribution in [2.24, 2.45) is 11.0 Å². The number of benzene rings is 2. The second-order valence-corrected chi connectivity index (χ2v) is 8.92. The largest absolute Gasteiger partial charge is 0.493 e. The summed E-state index contributed by atoms with van der Waals surface area (Å²) in [6.45, 7) is 5.72. The minimum absolute atomic E-state index is 0.0947. The topological polar surface area (TPSA) is 98.2 Å². The summed E-state index contributed by atoms with van der Waals surface area (Å²) in [6.07, 6.45) is 7.16. The van der Waals surface area contributed by atoms with Gasteiger partial charge in [0, 0.05) is 0 Å². The zero-order valence-electron chi connectivity index (χ0n) is 20.3. The first kappa shape index (κ1) is 27.7. The number of amides is 2. The average molecular weight is 544 g/mol. The van der Waals surface area contributed by atoms with E-state index in [1.165, 1.54) is 13.3 Å². The first-order valence-electron chi connectivity index (χ1n) is 11.0. The molecule has 2 aromatic rings. The molecule has 0 saturated heterocycles. The number of halogens is 1. The molecule has 0 bridgehead atoms. The van der Waals surface area contributed by atoms with Crippen LogP contribution in [-0.2, 0) is 9.59 Å². The second kappa shape index (κ2) is 14.0. The summed E-state index contributed by atoms with van der Waals surface area (Å²) in [6, 6.07) is 10.1. The Morgan fingerprint density at radius 1 is 1.20 bits per heavy atom. The molecule has 0 radical (unpaired) electrons. The van der Waals surface area contributed by atoms with Gasteiger partial charge in [-0.1, -0.05) is 38.0 Å². The van der Waals surface area contributed by atoms with Gasteiger partial charge in [0.1, 0.15) is 18.4 Å². The Morgan fingerprint density at radius 2 is 1.94 bits per heavy atom. The van der Waals surface area contributed by atoms with Crippen molar-refractivity contribution in [2.75, 3.05) is 20.3 Å². The number of ether oxygens (including phenoxy) is 3. The molecule has 0 aromatic heterocycles. The molecule has 2 rings (SSSR count). The van der Waals surface area contributed by atoms with Gasteiger partial charge in [-0.25, -0.2) is 5.43 Å². The van der Waals surface area contributed by atoms with Gasteiger partial charge in [0.15, 0.2) is 18.1 Å². The average Bonchev–Trinajstić information content (AvgIpc) is 2.81. The number of carbonyl (C=O) groups is 2. The Bertz CT molecular complexity index is 1090. The number of terminal acetylenes is 1. The fraction of sp³-hybridized carbons (Fsp3) is 0.346. The molecule has 0 spiro atoms. The molecule has 0 aliphatic rings. The molecular formula is C26H30BrN3O5. The van der Waals surface area contributed by atoms with E-state index >= 15 is 0 Å². The maximum atomic E-state index is 12.7. The van der Waals surface area contributed by atoms with Gasteiger partial charge in [-0.05, 0) is 64.5 Å². The number of rotatable bonds is 12. The van der Waals surface area contributed by atoms with Crippen molar-refractivity contribution in [3.63, 3.8) is 0 Å². The summed E-state index contributed by atoms with van der Waals surface area (Å²) < 4.78 is 17.0. The van der Waals surface area contributed by atoms with Crippen molar-refractivity contribution < 1.29 is 23.8 Å². The van der Waals surface area contributed by atoms with Crippen LogP contribution in [-0.4, -0.2) is 44.4 Å². The van der Waals surface area contributed by atoms with Crippen LogP contribution in [0.15, 0.2) is 46.0 Å². The summed E-state index contributed by atoms with van der Waals surface area (Å²) in [5, 5.41) is 6.76. The monoisotopic (exact) mass is 543 g/mol. The molecular weight excluding hydrogens is 514 g/mol. The summed E-state index contributed by atoms with van der Waals surface area (Å²) >= 11 is 3.42. The van der Waals surface area contributed by atoms with Crippen LogP contribution < -0.4 is 25.0 Å². The quantitative estimate of drug-likeness (QED) is 0.241. The normalized spacial score (nSPS) is 11.6. The predicted octanol–water partition coefficient (Wildman–Crippen LogP) is 3.84. The summed E-state index contributed by atoms with van der Waals surface area (Å²) in [4.78, 5) is 25.2. The smallest absolute Gasteiger partial charge is 0.262 e. The molecule has 186 valence electrons. The van der Waals surface area contributed by atoms with Gasteiger partial charge in [0.25, 0.3) is 11.8 Å². The Balaban J connectivity index is 2.01. The number of nitrogens with one attached hydrogen (secondary N) is 2. The highest BCUT2D eigenvalue weighted by Crippen LogP contribution is 2.36. The maximum absolute atomic E-state index is 12.7. The Kier molecular flexibility index (Phi) is 11.1. The number of hydrazone groups is 1. The van der Waals surface area contributed by atoms with Crippen LogP contribution >= 0.6 is 15.9 Å². The number of hydrogen-bond donors (Lipinski definition) is 2. The van der Waals surface area contributed by atoms with Crippen molar-refractivity contribution in [3.8, 4) is 29.6 Å². The molecule has 9 heteroatoms. The lowest BCUT2D eigenvalue weighted by Gasteiger charge is -2.19. The highest BCUT2D eigenvalue weighted by atomic mass is 79.9. The first-order chi connectivity index (χ1) is 16.7. The third-order valence-electron chi connectivity index (χ3n) is 4.75. The van der Waals surface area contributed by atoms with E-state index in [4.69, 9.17) is 20.6 Å². The van der Waals surface area contributed by atoms with Crippen LogP contribution in [0.1, 0.15) is 31.4 Å². The summed E-state index contributed by atoms with van der Waals surface area (Å²) in [7, 11) is 1.51. The van der Waals surface area contributed by atoms with Crippen LogP contribution in [0.4, 0.5) is 0 Å². The van der Waals surface area contributed by atoms with Crippen LogP contribution in [0.2, 0.25) is 0 Å². The Morgan fingerprint density at radius 3 is 2.60 bits per heavy atom. The van der Waals surface area contributed by atoms with Crippen LogP contribution in [0, 0.1) is 25.2 Å². The fourth-order valence-electron chi connectivity index (χ4n) is 3.12. The van der Waals surface area contributed by atoms with Gasteiger partial charge in [-0.3, -0.25) is 9.59 Å². The number of para-hydroxylation sites is 1. The lowest BCUT2D eigenvalue weighted by molar-refractivity contribution is -0.130. The molecule has 8 nitrogen and oxygen atoms in total. The lowest BCUT2D eigenvalue weighted by atomic mass is 10.0. The molecule has 0 fully saturated rings. The Hall–Kier alpha value is -3.51. The zero-order chi connectivity index (χ0) is 25.8. The fourth-order valence-corrected chi connectivity index (χ4v) is 3.69. The van der Waals surface area contributed by atoms with Gasteiger partial charge in [0.2, 0.25) is 0 Å². The highest BCUT2D eigenvalue weighted by molar-refractivity contribution is 9.10. The standard InChI is InChI=1S/C26H30BrN3O5/c1-6-11-34-25-20(27)13-19(14-23(25)33-5)15-28-30-26(32)21(12-17(2)3)29-24(31)16-35-22-10-8-7-9-18(22)4/h1,7-10,13-15,17,21H,11-12,16H2,2-5H3,(H,29,31)(H,30,32)/b28-15-/t21-/m1/s1. The molecule has 2 amide bonds. The van der Waals surface area contributed by atoms with Crippen molar-refractivity contribution in [1.29, 1.82) is 0 Å². The number of aryl methyl sites for hydroxylation is 1. The number of nitrogens with zero attached hydrogens (tertiary/aromatic N) is 1. The molecule has 0 aliphatic carbocycles. The SMILES string of the molecule is C#CCOc1c(Br)cc(/C=N\NC(=O)[C@@H](CC(C)C)NC(=O)COc2ccccc2C)cc1OC. The van der Waals surface area contributed by atoms with Crippen LogP contribution in [0.3, 0.4) is 0 Å². The minimum atomic E-state index is -0.763. The third kappa shape index (κ3) is 8.98. The predicted molar refractivity (Wildman–Crippen MR) is 139 cm³/mol. The van der Waals surface area contributed by atoms with Gasteiger partial charge < -0.3 is 19.5 Å². The van der Waals surface area contributed by atoms with E-state index in [0.717, 1.165) is 5.56 Å². The van der Waals surface area contributed by atoms with Crippen LogP contribution in [0.5, 0.6) is 17.2 Å². The molecule has 2 aromatic carbocycles. The van der Waals surface area contributed by atoms with E-state index < -0.39 is 17.9 Å². The first-order valence-corrected chi connectivity index (χ1v) is 11.8. The van der Waals surface area contributed by atoms with E-state index in [1.54, 1.807) is 18.2 Å².